The Morgan fingerprint density at radius 1 is 1.04 bits per heavy atom. The van der Waals surface area contributed by atoms with Gasteiger partial charge >= 0.3 is 0 Å². The molecule has 1 aromatic rings. The van der Waals surface area contributed by atoms with E-state index in [4.69, 9.17) is 0 Å². The minimum Gasteiger partial charge on any atom is -0.339 e. The maximum Gasteiger partial charge on any atom is 0.261 e. The third-order valence-corrected chi connectivity index (χ3v) is 5.53. The Balaban J connectivity index is 1.75. The predicted molar refractivity (Wildman–Crippen MR) is 109 cm³/mol. The van der Waals surface area contributed by atoms with Crippen LogP contribution in [0.25, 0.3) is 0 Å². The Bertz CT molecular complexity index is 791. The molecule has 5 nitrogen and oxygen atoms in total. The Morgan fingerprint density at radius 2 is 1.75 bits per heavy atom. The number of nitrogens with zero attached hydrogens (tertiary/aromatic N) is 2. The molecule has 2 aliphatic rings. The summed E-state index contributed by atoms with van der Waals surface area (Å²) in [4.78, 5) is 41.5. The fourth-order valence-electron chi connectivity index (χ4n) is 4.05. The first-order valence-corrected chi connectivity index (χ1v) is 10.5. The molecule has 0 fully saturated rings. The first-order valence-electron chi connectivity index (χ1n) is 10.5. The largest absolute Gasteiger partial charge is 0.339 e. The van der Waals surface area contributed by atoms with Crippen molar-refractivity contribution in [1.29, 1.82) is 0 Å². The number of amides is 3. The van der Waals surface area contributed by atoms with Gasteiger partial charge in [-0.05, 0) is 63.1 Å². The Hall–Kier alpha value is -2.43. The minimum absolute atomic E-state index is 0.0717. The van der Waals surface area contributed by atoms with Gasteiger partial charge in [-0.1, -0.05) is 25.5 Å². The molecule has 3 amide bonds. The first-order chi connectivity index (χ1) is 13.6. The first kappa shape index (κ1) is 20.3. The number of imide groups is 1. The van der Waals surface area contributed by atoms with Crippen LogP contribution in [-0.4, -0.2) is 47.2 Å². The van der Waals surface area contributed by atoms with E-state index < -0.39 is 0 Å². The average Bonchev–Trinajstić information content (AvgIpc) is 2.96. The van der Waals surface area contributed by atoms with Gasteiger partial charge in [0, 0.05) is 25.2 Å². The molecule has 0 atom stereocenters. The molecule has 150 valence electrons. The summed E-state index contributed by atoms with van der Waals surface area (Å²) in [5.74, 6) is -0.587. The predicted octanol–water partition coefficient (Wildman–Crippen LogP) is 4.44. The number of allylic oxidation sites excluding steroid dienone is 1. The summed E-state index contributed by atoms with van der Waals surface area (Å²) in [5, 5.41) is 0. The van der Waals surface area contributed by atoms with Gasteiger partial charge in [-0.25, -0.2) is 0 Å². The molecule has 1 aliphatic carbocycles. The van der Waals surface area contributed by atoms with Crippen LogP contribution in [0.5, 0.6) is 0 Å². The summed E-state index contributed by atoms with van der Waals surface area (Å²) in [6.45, 7) is 5.88. The molecule has 0 aromatic heterocycles. The second-order valence-electron chi connectivity index (χ2n) is 7.67. The zero-order valence-corrected chi connectivity index (χ0v) is 17.0. The second kappa shape index (κ2) is 9.18. The van der Waals surface area contributed by atoms with E-state index in [-0.39, 0.29) is 17.7 Å². The smallest absolute Gasteiger partial charge is 0.261 e. The maximum absolute atomic E-state index is 12.8. The Kier molecular flexibility index (Phi) is 6.65. The molecule has 28 heavy (non-hydrogen) atoms. The van der Waals surface area contributed by atoms with Crippen LogP contribution in [-0.2, 0) is 0 Å². The van der Waals surface area contributed by atoms with Gasteiger partial charge in [-0.2, -0.15) is 0 Å². The summed E-state index contributed by atoms with van der Waals surface area (Å²) in [7, 11) is 0. The lowest BCUT2D eigenvalue weighted by molar-refractivity contribution is 0.0655. The van der Waals surface area contributed by atoms with E-state index in [9.17, 15) is 14.4 Å². The van der Waals surface area contributed by atoms with Gasteiger partial charge in [-0.3, -0.25) is 19.3 Å². The highest BCUT2D eigenvalue weighted by atomic mass is 16.2. The SMILES string of the molecule is CCCN(CCC)C(=O)c1ccc2c(c1)C(=O)N(CCC1=CCCCC1)C2=O. The summed E-state index contributed by atoms with van der Waals surface area (Å²) in [6.07, 6.45) is 9.33. The third kappa shape index (κ3) is 4.18. The number of hydrogen-bond acceptors (Lipinski definition) is 3. The molecule has 0 saturated carbocycles. The number of carbonyl (C=O) groups excluding carboxylic acids is 3. The van der Waals surface area contributed by atoms with Crippen LogP contribution in [0.15, 0.2) is 29.8 Å². The van der Waals surface area contributed by atoms with Crippen molar-refractivity contribution in [1.82, 2.24) is 9.80 Å². The molecule has 0 N–H and O–H groups in total. The van der Waals surface area contributed by atoms with Gasteiger partial charge in [-0.15, -0.1) is 0 Å². The van der Waals surface area contributed by atoms with E-state index in [1.807, 2.05) is 18.7 Å². The van der Waals surface area contributed by atoms with Crippen molar-refractivity contribution in [3.8, 4) is 0 Å². The van der Waals surface area contributed by atoms with E-state index in [0.717, 1.165) is 32.1 Å². The molecule has 0 saturated heterocycles. The molecule has 1 aliphatic heterocycles. The number of fused-ring (bicyclic) bond motifs is 1. The molecule has 0 unspecified atom stereocenters. The quantitative estimate of drug-likeness (QED) is 0.493. The molecular weight excluding hydrogens is 352 g/mol. The molecule has 0 bridgehead atoms. The summed E-state index contributed by atoms with van der Waals surface area (Å²) < 4.78 is 0. The number of hydrogen-bond donors (Lipinski definition) is 0. The Morgan fingerprint density at radius 3 is 2.39 bits per heavy atom. The van der Waals surface area contributed by atoms with E-state index in [1.54, 1.807) is 18.2 Å². The highest BCUT2D eigenvalue weighted by molar-refractivity contribution is 6.22. The van der Waals surface area contributed by atoms with Gasteiger partial charge in [0.15, 0.2) is 0 Å². The van der Waals surface area contributed by atoms with Crippen molar-refractivity contribution in [3.05, 3.63) is 46.5 Å². The van der Waals surface area contributed by atoms with Crippen molar-refractivity contribution < 1.29 is 14.4 Å². The van der Waals surface area contributed by atoms with Crippen LogP contribution < -0.4 is 0 Å². The highest BCUT2D eigenvalue weighted by Crippen LogP contribution is 2.27. The zero-order valence-electron chi connectivity index (χ0n) is 17.0. The van der Waals surface area contributed by atoms with Crippen LogP contribution >= 0.6 is 0 Å². The molecule has 1 heterocycles. The van der Waals surface area contributed by atoms with Gasteiger partial charge in [0.25, 0.3) is 17.7 Å². The van der Waals surface area contributed by atoms with Crippen LogP contribution in [0.4, 0.5) is 0 Å². The van der Waals surface area contributed by atoms with Crippen molar-refractivity contribution in [3.63, 3.8) is 0 Å². The lowest BCUT2D eigenvalue weighted by Gasteiger charge is -2.21. The lowest BCUT2D eigenvalue weighted by Crippen LogP contribution is -2.32. The number of carbonyl (C=O) groups is 3. The van der Waals surface area contributed by atoms with Gasteiger partial charge in [0.1, 0.15) is 0 Å². The molecule has 1 aromatic carbocycles. The van der Waals surface area contributed by atoms with Crippen molar-refractivity contribution >= 4 is 17.7 Å². The minimum atomic E-state index is -0.274. The fourth-order valence-corrected chi connectivity index (χ4v) is 4.05. The molecule has 0 radical (unpaired) electrons. The van der Waals surface area contributed by atoms with Crippen LogP contribution in [0, 0.1) is 0 Å². The van der Waals surface area contributed by atoms with E-state index in [1.165, 1.54) is 23.3 Å². The van der Waals surface area contributed by atoms with E-state index in [0.29, 0.717) is 36.3 Å². The van der Waals surface area contributed by atoms with Crippen LogP contribution in [0.1, 0.15) is 89.9 Å². The number of rotatable bonds is 8. The molecule has 5 heteroatoms. The normalized spacial score (nSPS) is 16.2. The topological polar surface area (TPSA) is 57.7 Å². The fraction of sp³-hybridized carbons (Fsp3) is 0.522. The van der Waals surface area contributed by atoms with E-state index >= 15 is 0 Å². The third-order valence-electron chi connectivity index (χ3n) is 5.53. The molecular formula is C23H30N2O3. The van der Waals surface area contributed by atoms with Crippen molar-refractivity contribution in [2.75, 3.05) is 19.6 Å². The monoisotopic (exact) mass is 382 g/mol. The van der Waals surface area contributed by atoms with Gasteiger partial charge in [0.05, 0.1) is 11.1 Å². The lowest BCUT2D eigenvalue weighted by atomic mass is 9.97. The summed E-state index contributed by atoms with van der Waals surface area (Å²) >= 11 is 0. The van der Waals surface area contributed by atoms with E-state index in [2.05, 4.69) is 6.08 Å². The zero-order chi connectivity index (χ0) is 20.1. The highest BCUT2D eigenvalue weighted by Gasteiger charge is 2.36. The molecule has 0 spiro atoms. The Labute approximate surface area is 167 Å². The maximum atomic E-state index is 12.8. The standard InChI is InChI=1S/C23H30N2O3/c1-3-13-24(14-4-2)21(26)18-10-11-19-20(16-18)23(28)25(22(19)27)15-12-17-8-6-5-7-9-17/h8,10-11,16H,3-7,9,12-15H2,1-2H3. The van der Waals surface area contributed by atoms with Gasteiger partial charge < -0.3 is 4.90 Å². The second-order valence-corrected chi connectivity index (χ2v) is 7.67. The van der Waals surface area contributed by atoms with Gasteiger partial charge in [0.2, 0.25) is 0 Å². The van der Waals surface area contributed by atoms with Crippen molar-refractivity contribution in [2.24, 2.45) is 0 Å². The molecule has 3 rings (SSSR count). The van der Waals surface area contributed by atoms with Crippen LogP contribution in [0.2, 0.25) is 0 Å². The average molecular weight is 383 g/mol. The summed E-state index contributed by atoms with van der Waals surface area (Å²) in [6, 6.07) is 4.92. The number of benzene rings is 1. The van der Waals surface area contributed by atoms with Crippen LogP contribution in [0.3, 0.4) is 0 Å². The summed E-state index contributed by atoms with van der Waals surface area (Å²) in [5.41, 5.74) is 2.60. The van der Waals surface area contributed by atoms with Crippen molar-refractivity contribution in [2.45, 2.75) is 58.8 Å².